The summed E-state index contributed by atoms with van der Waals surface area (Å²) in [6, 6.07) is 4.55. The van der Waals surface area contributed by atoms with Gasteiger partial charge in [0.1, 0.15) is 18.7 Å². The lowest BCUT2D eigenvalue weighted by molar-refractivity contribution is -0.615. The van der Waals surface area contributed by atoms with Crippen molar-refractivity contribution in [3.8, 4) is 28.2 Å². The molecule has 4 aromatic heterocycles. The summed E-state index contributed by atoms with van der Waals surface area (Å²) >= 11 is 5.99. The SMILES string of the molecule is [O-][n+]1cc(-c2c(-n3cnnn3)ccc(Cl)c2F)ccc1[C@@H](CCOC(F)F)n1cc(-c2ncnn2C(F)F)cn1. The molecular formula is C22H16ClF5N10O2. The number of hydrogen-bond donors (Lipinski definition) is 0. The monoisotopic (exact) mass is 582 g/mol. The number of ether oxygens (including phenoxy) is 1. The zero-order chi connectivity index (χ0) is 28.4. The number of aromatic nitrogens is 10. The Morgan fingerprint density at radius 3 is 2.60 bits per heavy atom. The summed E-state index contributed by atoms with van der Waals surface area (Å²) in [5.74, 6) is -1.02. The highest BCUT2D eigenvalue weighted by Gasteiger charge is 2.27. The smallest absolute Gasteiger partial charge is 0.345 e. The second kappa shape index (κ2) is 11.3. The van der Waals surface area contributed by atoms with E-state index in [0.717, 1.165) is 12.5 Å². The number of halogens is 6. The number of tetrazole rings is 1. The van der Waals surface area contributed by atoms with Gasteiger partial charge in [0, 0.05) is 18.7 Å². The molecule has 12 nitrogen and oxygen atoms in total. The van der Waals surface area contributed by atoms with E-state index in [9.17, 15) is 22.8 Å². The van der Waals surface area contributed by atoms with Gasteiger partial charge >= 0.3 is 13.2 Å². The van der Waals surface area contributed by atoms with E-state index >= 15 is 4.39 Å². The second-order valence-corrected chi connectivity index (χ2v) is 8.54. The Morgan fingerprint density at radius 2 is 1.90 bits per heavy atom. The lowest BCUT2D eigenvalue weighted by atomic mass is 10.0. The Kier molecular flexibility index (Phi) is 7.65. The lowest BCUT2D eigenvalue weighted by Gasteiger charge is -2.18. The van der Waals surface area contributed by atoms with Crippen molar-refractivity contribution in [1.82, 2.24) is 44.8 Å². The topological polar surface area (TPSA) is 128 Å². The van der Waals surface area contributed by atoms with Crippen LogP contribution in [0.15, 0.2) is 55.5 Å². The van der Waals surface area contributed by atoms with Gasteiger partial charge in [0.2, 0.25) is 5.69 Å². The molecule has 0 amide bonds. The molecule has 0 saturated heterocycles. The minimum absolute atomic E-state index is 0.0120. The van der Waals surface area contributed by atoms with Crippen molar-refractivity contribution in [2.75, 3.05) is 6.61 Å². The molecule has 0 fully saturated rings. The van der Waals surface area contributed by atoms with Gasteiger partial charge in [0.25, 0.3) is 0 Å². The van der Waals surface area contributed by atoms with Crippen LogP contribution in [-0.2, 0) is 4.74 Å². The summed E-state index contributed by atoms with van der Waals surface area (Å²) < 4.78 is 74.7. The van der Waals surface area contributed by atoms with Gasteiger partial charge in [0.15, 0.2) is 17.8 Å². The predicted octanol–water partition coefficient (Wildman–Crippen LogP) is 3.82. The van der Waals surface area contributed by atoms with Crippen LogP contribution in [0, 0.1) is 11.0 Å². The number of pyridine rings is 1. The first kappa shape index (κ1) is 27.1. The first-order valence-electron chi connectivity index (χ1n) is 11.3. The maximum absolute atomic E-state index is 15.2. The van der Waals surface area contributed by atoms with Crippen LogP contribution in [0.1, 0.15) is 24.7 Å². The van der Waals surface area contributed by atoms with Gasteiger partial charge in [-0.25, -0.2) is 9.37 Å². The largest absolute Gasteiger partial charge is 0.618 e. The first-order valence-corrected chi connectivity index (χ1v) is 11.7. The summed E-state index contributed by atoms with van der Waals surface area (Å²) in [6.07, 6.45) is 5.61. The van der Waals surface area contributed by atoms with Gasteiger partial charge in [-0.15, -0.1) is 5.10 Å². The summed E-state index contributed by atoms with van der Waals surface area (Å²) in [4.78, 5) is 3.81. The summed E-state index contributed by atoms with van der Waals surface area (Å²) in [5.41, 5.74) is 0.386. The predicted molar refractivity (Wildman–Crippen MR) is 126 cm³/mol. The summed E-state index contributed by atoms with van der Waals surface area (Å²) in [5, 5.41) is 31.5. The van der Waals surface area contributed by atoms with Crippen molar-refractivity contribution in [3.05, 3.63) is 77.3 Å². The molecule has 0 radical (unpaired) electrons. The molecule has 40 heavy (non-hydrogen) atoms. The van der Waals surface area contributed by atoms with Crippen molar-refractivity contribution in [2.24, 2.45) is 0 Å². The van der Waals surface area contributed by atoms with Crippen LogP contribution < -0.4 is 4.73 Å². The van der Waals surface area contributed by atoms with Crippen LogP contribution in [0.5, 0.6) is 0 Å². The van der Waals surface area contributed by atoms with Crippen LogP contribution in [0.4, 0.5) is 22.0 Å². The Morgan fingerprint density at radius 1 is 1.07 bits per heavy atom. The standard InChI is InChI=1S/C22H16ClF5N10O2/c23-14-2-4-17(36-11-30-33-34-36)18(19(14)24)12-1-3-16(37(39)9-12)15(5-6-40-22(27)28)35-8-13(7-31-35)20-29-10-32-38(20)21(25)26/h1-4,7-11,15,21-22H,5-6H2/t15-/m1/s1. The van der Waals surface area contributed by atoms with E-state index in [1.807, 2.05) is 0 Å². The average Bonchev–Trinajstić information content (AvgIpc) is 3.70. The maximum Gasteiger partial charge on any atom is 0.345 e. The lowest BCUT2D eigenvalue weighted by Crippen LogP contribution is -2.36. The Labute approximate surface area is 225 Å². The van der Waals surface area contributed by atoms with Gasteiger partial charge < -0.3 is 9.94 Å². The third-order valence-corrected chi connectivity index (χ3v) is 6.11. The summed E-state index contributed by atoms with van der Waals surface area (Å²) in [7, 11) is 0. The fourth-order valence-electron chi connectivity index (χ4n) is 4.08. The van der Waals surface area contributed by atoms with E-state index in [2.05, 4.69) is 35.4 Å². The van der Waals surface area contributed by atoms with Crippen LogP contribution in [0.2, 0.25) is 5.02 Å². The molecule has 0 saturated carbocycles. The second-order valence-electron chi connectivity index (χ2n) is 8.13. The molecule has 5 aromatic rings. The molecule has 0 aliphatic heterocycles. The molecule has 0 aliphatic rings. The van der Waals surface area contributed by atoms with E-state index in [1.54, 1.807) is 0 Å². The van der Waals surface area contributed by atoms with Gasteiger partial charge in [-0.3, -0.25) is 4.68 Å². The number of hydrogen-bond acceptors (Lipinski definition) is 8. The number of rotatable bonds is 10. The molecule has 18 heteroatoms. The quantitative estimate of drug-likeness (QED) is 0.138. The molecule has 5 rings (SSSR count). The van der Waals surface area contributed by atoms with Crippen molar-refractivity contribution < 1.29 is 31.4 Å². The highest BCUT2D eigenvalue weighted by Crippen LogP contribution is 2.33. The van der Waals surface area contributed by atoms with Gasteiger partial charge in [-0.2, -0.15) is 41.9 Å². The van der Waals surface area contributed by atoms with Crippen LogP contribution in [0.25, 0.3) is 28.2 Å². The molecule has 0 bridgehead atoms. The third-order valence-electron chi connectivity index (χ3n) is 5.82. The zero-order valence-electron chi connectivity index (χ0n) is 19.9. The molecule has 1 aromatic carbocycles. The summed E-state index contributed by atoms with van der Waals surface area (Å²) in [6.45, 7) is -6.51. The number of alkyl halides is 4. The van der Waals surface area contributed by atoms with E-state index in [0.29, 0.717) is 9.41 Å². The fraction of sp³-hybridized carbons (Fsp3) is 0.227. The first-order chi connectivity index (χ1) is 19.2. The minimum Gasteiger partial charge on any atom is -0.618 e. The van der Waals surface area contributed by atoms with Crippen LogP contribution >= 0.6 is 11.6 Å². The van der Waals surface area contributed by atoms with Crippen molar-refractivity contribution in [2.45, 2.75) is 25.6 Å². The fourth-order valence-corrected chi connectivity index (χ4v) is 4.24. The van der Waals surface area contributed by atoms with Crippen molar-refractivity contribution in [1.29, 1.82) is 0 Å². The van der Waals surface area contributed by atoms with Gasteiger partial charge in [-0.05, 0) is 28.6 Å². The van der Waals surface area contributed by atoms with E-state index in [1.165, 1.54) is 52.4 Å². The Balaban J connectivity index is 1.54. The molecule has 0 aliphatic carbocycles. The molecule has 4 heterocycles. The zero-order valence-corrected chi connectivity index (χ0v) is 20.7. The highest BCUT2D eigenvalue weighted by atomic mass is 35.5. The van der Waals surface area contributed by atoms with E-state index in [-0.39, 0.29) is 45.3 Å². The Hall–Kier alpha value is -4.51. The molecule has 0 spiro atoms. The van der Waals surface area contributed by atoms with Crippen molar-refractivity contribution >= 4 is 11.6 Å². The normalized spacial score (nSPS) is 12.5. The van der Waals surface area contributed by atoms with Crippen molar-refractivity contribution in [3.63, 3.8) is 0 Å². The average molecular weight is 583 g/mol. The third kappa shape index (κ3) is 5.32. The molecule has 0 N–H and O–H groups in total. The van der Waals surface area contributed by atoms with E-state index < -0.39 is 31.6 Å². The Bertz CT molecular complexity index is 1610. The molecule has 1 atom stereocenters. The number of nitrogens with zero attached hydrogens (tertiary/aromatic N) is 10. The van der Waals surface area contributed by atoms with Crippen LogP contribution in [-0.4, -0.2) is 58.0 Å². The maximum atomic E-state index is 15.2. The van der Waals surface area contributed by atoms with Gasteiger partial charge in [0.05, 0.1) is 40.2 Å². The van der Waals surface area contributed by atoms with Crippen LogP contribution in [0.3, 0.4) is 0 Å². The minimum atomic E-state index is -3.06. The number of benzene rings is 1. The molecule has 208 valence electrons. The van der Waals surface area contributed by atoms with Gasteiger partial charge in [-0.1, -0.05) is 11.6 Å². The molecular weight excluding hydrogens is 567 g/mol. The van der Waals surface area contributed by atoms with E-state index in [4.69, 9.17) is 11.6 Å². The highest BCUT2D eigenvalue weighted by molar-refractivity contribution is 6.31. The molecule has 0 unspecified atom stereocenters.